The minimum absolute atomic E-state index is 0.0526. The number of nitrogens with zero attached hydrogens (tertiary/aromatic N) is 3. The Morgan fingerprint density at radius 2 is 1.75 bits per heavy atom. The summed E-state index contributed by atoms with van der Waals surface area (Å²) in [5.74, 6) is 0.866. The van der Waals surface area contributed by atoms with Gasteiger partial charge in [0.15, 0.2) is 0 Å². The summed E-state index contributed by atoms with van der Waals surface area (Å²) in [6, 6.07) is 4.95. The van der Waals surface area contributed by atoms with Crippen LogP contribution in [0.25, 0.3) is 0 Å². The number of piperidine rings is 1. The number of carbonyl (C=O) groups is 2. The van der Waals surface area contributed by atoms with E-state index in [1.54, 1.807) is 18.2 Å². The summed E-state index contributed by atoms with van der Waals surface area (Å²) in [4.78, 5) is 30.2. The molecule has 3 rings (SSSR count). The van der Waals surface area contributed by atoms with Crippen LogP contribution in [0.1, 0.15) is 47.0 Å². The van der Waals surface area contributed by atoms with Gasteiger partial charge in [0.05, 0.1) is 16.3 Å². The van der Waals surface area contributed by atoms with Gasteiger partial charge in [-0.3, -0.25) is 9.59 Å². The van der Waals surface area contributed by atoms with Gasteiger partial charge in [0, 0.05) is 31.1 Å². The fourth-order valence-electron chi connectivity index (χ4n) is 4.62. The van der Waals surface area contributed by atoms with Crippen molar-refractivity contribution in [1.29, 1.82) is 0 Å². The molecule has 32 heavy (non-hydrogen) atoms. The van der Waals surface area contributed by atoms with Crippen molar-refractivity contribution < 1.29 is 18.0 Å². The van der Waals surface area contributed by atoms with E-state index in [2.05, 4.69) is 13.8 Å². The first-order valence-electron chi connectivity index (χ1n) is 11.5. The van der Waals surface area contributed by atoms with Crippen molar-refractivity contribution in [3.05, 3.63) is 18.2 Å². The summed E-state index contributed by atoms with van der Waals surface area (Å²) in [7, 11) is -3.67. The van der Waals surface area contributed by atoms with Gasteiger partial charge in [-0.25, -0.2) is 8.42 Å². The third-order valence-corrected chi connectivity index (χ3v) is 8.91. The number of likely N-dealkylation sites (tertiary alicyclic amines) is 1. The van der Waals surface area contributed by atoms with Gasteiger partial charge in [-0.2, -0.15) is 4.31 Å². The van der Waals surface area contributed by atoms with E-state index in [1.165, 1.54) is 21.0 Å². The maximum atomic E-state index is 13.3. The summed E-state index contributed by atoms with van der Waals surface area (Å²) in [5, 5.41) is 0. The van der Waals surface area contributed by atoms with Gasteiger partial charge in [0.1, 0.15) is 6.54 Å². The van der Waals surface area contributed by atoms with Crippen molar-refractivity contribution in [3.8, 4) is 0 Å². The van der Waals surface area contributed by atoms with E-state index < -0.39 is 10.0 Å². The molecule has 1 fully saturated rings. The predicted molar refractivity (Wildman–Crippen MR) is 128 cm³/mol. The average molecular weight is 482 g/mol. The molecular weight excluding hydrogens is 446 g/mol. The zero-order valence-electron chi connectivity index (χ0n) is 19.5. The van der Waals surface area contributed by atoms with Gasteiger partial charge in [0.2, 0.25) is 21.8 Å². The van der Waals surface area contributed by atoms with Gasteiger partial charge in [-0.05, 0) is 49.3 Å². The van der Waals surface area contributed by atoms with E-state index in [0.29, 0.717) is 43.7 Å². The number of carbonyl (C=O) groups excluding carboxylic acids is 2. The Balaban J connectivity index is 1.89. The number of hydrogen-bond donors (Lipinski definition) is 0. The van der Waals surface area contributed by atoms with Crippen molar-refractivity contribution in [1.82, 2.24) is 9.21 Å². The topological polar surface area (TPSA) is 78.0 Å². The van der Waals surface area contributed by atoms with Crippen molar-refractivity contribution in [3.63, 3.8) is 0 Å². The predicted octanol–water partition coefficient (Wildman–Crippen LogP) is 3.44. The van der Waals surface area contributed by atoms with Crippen LogP contribution < -0.4 is 4.90 Å². The lowest BCUT2D eigenvalue weighted by Gasteiger charge is -2.37. The van der Waals surface area contributed by atoms with Gasteiger partial charge in [0.25, 0.3) is 0 Å². The molecule has 1 saturated heterocycles. The second-order valence-electron chi connectivity index (χ2n) is 9.05. The molecular formula is C23H35N3O4S2. The van der Waals surface area contributed by atoms with Crippen LogP contribution in [0.3, 0.4) is 0 Å². The van der Waals surface area contributed by atoms with Crippen LogP contribution in [0.2, 0.25) is 0 Å². The molecule has 1 aromatic rings. The summed E-state index contributed by atoms with van der Waals surface area (Å²) in [6.07, 6.45) is 2.55. The van der Waals surface area contributed by atoms with Crippen LogP contribution in [-0.4, -0.2) is 67.9 Å². The first kappa shape index (κ1) is 25.1. The Morgan fingerprint density at radius 3 is 2.34 bits per heavy atom. The average Bonchev–Trinajstić information content (AvgIpc) is 2.74. The minimum Gasteiger partial charge on any atom is -0.341 e. The zero-order valence-corrected chi connectivity index (χ0v) is 21.2. The Labute approximate surface area is 196 Å². The Hall–Kier alpha value is -1.58. The van der Waals surface area contributed by atoms with Crippen LogP contribution in [0, 0.1) is 11.8 Å². The second-order valence-corrected chi connectivity index (χ2v) is 12.0. The van der Waals surface area contributed by atoms with E-state index in [4.69, 9.17) is 0 Å². The van der Waals surface area contributed by atoms with Crippen molar-refractivity contribution >= 4 is 39.3 Å². The summed E-state index contributed by atoms with van der Waals surface area (Å²) in [6.45, 7) is 10.4. The molecule has 2 aliphatic heterocycles. The van der Waals surface area contributed by atoms with E-state index in [1.807, 2.05) is 18.7 Å². The number of anilines is 1. The van der Waals surface area contributed by atoms with Gasteiger partial charge in [-0.15, -0.1) is 11.8 Å². The number of rotatable bonds is 8. The minimum atomic E-state index is -3.67. The van der Waals surface area contributed by atoms with Crippen LogP contribution in [0.15, 0.2) is 28.0 Å². The summed E-state index contributed by atoms with van der Waals surface area (Å²) < 4.78 is 28.0. The van der Waals surface area contributed by atoms with Crippen LogP contribution in [0.4, 0.5) is 5.69 Å². The molecule has 178 valence electrons. The lowest BCUT2D eigenvalue weighted by Crippen LogP contribution is -2.49. The molecule has 2 unspecified atom stereocenters. The molecule has 0 aliphatic carbocycles. The third kappa shape index (κ3) is 5.48. The molecule has 0 aromatic heterocycles. The van der Waals surface area contributed by atoms with Crippen molar-refractivity contribution in [2.45, 2.75) is 56.7 Å². The Kier molecular flexibility index (Phi) is 8.27. The molecule has 0 radical (unpaired) electrons. The quantitative estimate of drug-likeness (QED) is 0.568. The normalized spacial score (nSPS) is 21.7. The number of thioether (sulfide) groups is 1. The molecule has 0 bridgehead atoms. The van der Waals surface area contributed by atoms with Gasteiger partial charge < -0.3 is 9.80 Å². The van der Waals surface area contributed by atoms with Crippen molar-refractivity contribution in [2.75, 3.05) is 43.4 Å². The van der Waals surface area contributed by atoms with Crippen LogP contribution >= 0.6 is 11.8 Å². The monoisotopic (exact) mass is 481 g/mol. The summed E-state index contributed by atoms with van der Waals surface area (Å²) >= 11 is 1.39. The lowest BCUT2D eigenvalue weighted by atomic mass is 9.92. The highest BCUT2D eigenvalue weighted by atomic mass is 32.2. The number of hydrogen-bond acceptors (Lipinski definition) is 5. The molecule has 2 atom stereocenters. The largest absolute Gasteiger partial charge is 0.341 e. The number of amides is 2. The number of sulfonamides is 1. The van der Waals surface area contributed by atoms with Crippen LogP contribution in [0.5, 0.6) is 0 Å². The Bertz CT molecular complexity index is 935. The highest BCUT2D eigenvalue weighted by Gasteiger charge is 2.33. The van der Waals surface area contributed by atoms with Gasteiger partial charge >= 0.3 is 0 Å². The maximum absolute atomic E-state index is 13.3. The molecule has 0 N–H and O–H groups in total. The van der Waals surface area contributed by atoms with Gasteiger partial charge in [-0.1, -0.05) is 27.7 Å². The molecule has 2 aliphatic rings. The second kappa shape index (κ2) is 10.6. The number of fused-ring (bicyclic) bond motifs is 1. The fraction of sp³-hybridized carbons (Fsp3) is 0.652. The molecule has 2 amide bonds. The maximum Gasteiger partial charge on any atom is 0.243 e. The summed E-state index contributed by atoms with van der Waals surface area (Å²) in [5.41, 5.74) is 0.520. The third-order valence-electron chi connectivity index (χ3n) is 5.97. The Morgan fingerprint density at radius 1 is 1.12 bits per heavy atom. The molecule has 2 heterocycles. The fourth-order valence-corrected chi connectivity index (χ4v) is 7.18. The lowest BCUT2D eigenvalue weighted by molar-refractivity contribution is -0.133. The number of benzene rings is 1. The van der Waals surface area contributed by atoms with E-state index >= 15 is 0 Å². The molecule has 9 heteroatoms. The molecule has 0 saturated carbocycles. The smallest absolute Gasteiger partial charge is 0.243 e. The SMILES string of the molecule is CCCN(CCC)S(=O)(=O)c1ccc2c(c1)N(CC(=O)N1CC(C)CC(C)C1)C(=O)CS2. The zero-order chi connectivity index (χ0) is 23.5. The van der Waals surface area contributed by atoms with Crippen LogP contribution in [-0.2, 0) is 19.6 Å². The standard InChI is InChI=1S/C23H35N3O4S2/c1-5-9-25(10-6-2)32(29,30)19-7-8-21-20(12-19)26(23(28)16-31-21)15-22(27)24-13-17(3)11-18(4)14-24/h7-8,12,17-18H,5-6,9-11,13-16H2,1-4H3. The highest BCUT2D eigenvalue weighted by molar-refractivity contribution is 8.00. The van der Waals surface area contributed by atoms with Crippen molar-refractivity contribution in [2.24, 2.45) is 11.8 Å². The first-order valence-corrected chi connectivity index (χ1v) is 13.9. The highest BCUT2D eigenvalue weighted by Crippen LogP contribution is 2.37. The molecule has 1 aromatic carbocycles. The van der Waals surface area contributed by atoms with E-state index in [-0.39, 0.29) is 29.0 Å². The molecule has 0 spiro atoms. The first-order chi connectivity index (χ1) is 15.2. The molecule has 7 nitrogen and oxygen atoms in total. The van der Waals surface area contributed by atoms with E-state index in [9.17, 15) is 18.0 Å². The van der Waals surface area contributed by atoms with E-state index in [0.717, 1.165) is 24.2 Å².